The predicted octanol–water partition coefficient (Wildman–Crippen LogP) is 2.58. The van der Waals surface area contributed by atoms with Gasteiger partial charge in [0, 0.05) is 31.5 Å². The summed E-state index contributed by atoms with van der Waals surface area (Å²) in [6.07, 6.45) is 1.89. The first-order valence-electron chi connectivity index (χ1n) is 6.22. The molecule has 0 fully saturated rings. The van der Waals surface area contributed by atoms with Crippen molar-refractivity contribution in [2.75, 3.05) is 26.1 Å². The molecule has 0 spiro atoms. The van der Waals surface area contributed by atoms with E-state index >= 15 is 0 Å². The Bertz CT molecular complexity index is 525. The molecule has 0 amide bonds. The topological polar surface area (TPSA) is 37.4 Å². The van der Waals surface area contributed by atoms with E-state index in [-0.39, 0.29) is 0 Å². The van der Waals surface area contributed by atoms with Gasteiger partial charge in [-0.2, -0.15) is 0 Å². The van der Waals surface area contributed by atoms with Gasteiger partial charge in [0.15, 0.2) is 0 Å². The summed E-state index contributed by atoms with van der Waals surface area (Å²) in [5.74, 6) is 1.75. The largest absolute Gasteiger partial charge is 0.497 e. The van der Waals surface area contributed by atoms with Crippen LogP contribution < -0.4 is 15.0 Å². The molecule has 1 aromatic heterocycles. The highest BCUT2D eigenvalue weighted by Gasteiger charge is 2.06. The first-order chi connectivity index (χ1) is 9.24. The summed E-state index contributed by atoms with van der Waals surface area (Å²) in [7, 11) is 5.59. The molecule has 100 valence electrons. The van der Waals surface area contributed by atoms with E-state index in [2.05, 4.69) is 16.4 Å². The van der Waals surface area contributed by atoms with Crippen molar-refractivity contribution in [3.05, 3.63) is 48.2 Å². The van der Waals surface area contributed by atoms with E-state index in [4.69, 9.17) is 4.74 Å². The summed E-state index contributed by atoms with van der Waals surface area (Å²) in [4.78, 5) is 6.51. The van der Waals surface area contributed by atoms with Gasteiger partial charge in [0.1, 0.15) is 11.6 Å². The van der Waals surface area contributed by atoms with E-state index in [9.17, 15) is 0 Å². The number of hydrogen-bond donors (Lipinski definition) is 1. The molecule has 0 aliphatic carbocycles. The number of aromatic nitrogens is 1. The Morgan fingerprint density at radius 3 is 2.74 bits per heavy atom. The lowest BCUT2D eigenvalue weighted by atomic mass is 10.2. The number of nitrogens with one attached hydrogen (secondary N) is 1. The molecule has 0 saturated carbocycles. The number of methoxy groups -OCH3 is 1. The lowest BCUT2D eigenvalue weighted by molar-refractivity contribution is 0.415. The van der Waals surface area contributed by atoms with Crippen molar-refractivity contribution < 1.29 is 4.74 Å². The van der Waals surface area contributed by atoms with Crippen LogP contribution in [0, 0.1) is 0 Å². The molecule has 0 unspecified atom stereocenters. The van der Waals surface area contributed by atoms with E-state index in [0.717, 1.165) is 23.8 Å². The van der Waals surface area contributed by atoms with Gasteiger partial charge in [-0.3, -0.25) is 0 Å². The Morgan fingerprint density at radius 2 is 2.11 bits per heavy atom. The Balaban J connectivity index is 2.20. The molecule has 0 saturated heterocycles. The Morgan fingerprint density at radius 1 is 1.26 bits per heavy atom. The predicted molar refractivity (Wildman–Crippen MR) is 78.1 cm³/mol. The molecule has 1 heterocycles. The molecule has 2 aromatic rings. The minimum atomic E-state index is 0.830. The quantitative estimate of drug-likeness (QED) is 0.893. The van der Waals surface area contributed by atoms with Crippen LogP contribution in [0.15, 0.2) is 42.6 Å². The summed E-state index contributed by atoms with van der Waals surface area (Å²) in [5, 5.41) is 3.11. The maximum Gasteiger partial charge on any atom is 0.132 e. The molecule has 19 heavy (non-hydrogen) atoms. The van der Waals surface area contributed by atoms with Crippen molar-refractivity contribution in [2.24, 2.45) is 0 Å². The lowest BCUT2D eigenvalue weighted by Gasteiger charge is -2.19. The van der Waals surface area contributed by atoms with Crippen molar-refractivity contribution in [1.82, 2.24) is 10.3 Å². The maximum atomic E-state index is 5.24. The van der Waals surface area contributed by atoms with Crippen molar-refractivity contribution >= 4 is 11.5 Å². The van der Waals surface area contributed by atoms with E-state index in [1.165, 1.54) is 5.56 Å². The molecule has 4 nitrogen and oxygen atoms in total. The first-order valence-corrected chi connectivity index (χ1v) is 6.22. The fraction of sp³-hybridized carbons (Fsp3) is 0.267. The number of pyridine rings is 1. The molecule has 4 heteroatoms. The summed E-state index contributed by atoms with van der Waals surface area (Å²) < 4.78 is 5.24. The maximum absolute atomic E-state index is 5.24. The normalized spacial score (nSPS) is 10.3. The molecule has 0 bridgehead atoms. The number of hydrogen-bond acceptors (Lipinski definition) is 4. The third kappa shape index (κ3) is 3.23. The van der Waals surface area contributed by atoms with Gasteiger partial charge in [0.2, 0.25) is 0 Å². The summed E-state index contributed by atoms with van der Waals surface area (Å²) in [6, 6.07) is 12.0. The van der Waals surface area contributed by atoms with Crippen LogP contribution >= 0.6 is 0 Å². The molecule has 0 radical (unpaired) electrons. The van der Waals surface area contributed by atoms with Crippen LogP contribution in [0.3, 0.4) is 0 Å². The number of nitrogens with zero attached hydrogens (tertiary/aromatic N) is 2. The molecule has 2 rings (SSSR count). The van der Waals surface area contributed by atoms with Gasteiger partial charge in [0.25, 0.3) is 0 Å². The molecule has 0 atom stereocenters. The van der Waals surface area contributed by atoms with Gasteiger partial charge in [-0.1, -0.05) is 12.1 Å². The number of ether oxygens (including phenoxy) is 1. The van der Waals surface area contributed by atoms with Gasteiger partial charge in [-0.05, 0) is 30.8 Å². The molecule has 0 aliphatic heterocycles. The molecular formula is C15H19N3O. The van der Waals surface area contributed by atoms with Gasteiger partial charge < -0.3 is 15.0 Å². The highest BCUT2D eigenvalue weighted by molar-refractivity contribution is 5.60. The number of rotatable bonds is 5. The fourth-order valence-corrected chi connectivity index (χ4v) is 1.88. The monoisotopic (exact) mass is 257 g/mol. The highest BCUT2D eigenvalue weighted by atomic mass is 16.5. The average Bonchev–Trinajstić information content (AvgIpc) is 2.48. The van der Waals surface area contributed by atoms with Crippen molar-refractivity contribution in [2.45, 2.75) is 6.54 Å². The number of benzene rings is 1. The highest BCUT2D eigenvalue weighted by Crippen LogP contribution is 2.25. The van der Waals surface area contributed by atoms with Crippen molar-refractivity contribution in [1.29, 1.82) is 0 Å². The van der Waals surface area contributed by atoms with Crippen molar-refractivity contribution in [3.63, 3.8) is 0 Å². The molecular weight excluding hydrogens is 238 g/mol. The van der Waals surface area contributed by atoms with E-state index in [1.54, 1.807) is 7.11 Å². The summed E-state index contributed by atoms with van der Waals surface area (Å²) in [5.41, 5.74) is 2.22. The second-order valence-corrected chi connectivity index (χ2v) is 4.32. The van der Waals surface area contributed by atoms with Crippen LogP contribution in [-0.2, 0) is 6.54 Å². The van der Waals surface area contributed by atoms with Gasteiger partial charge in [0.05, 0.1) is 7.11 Å². The number of anilines is 2. The van der Waals surface area contributed by atoms with Crippen LogP contribution in [-0.4, -0.2) is 26.2 Å². The minimum absolute atomic E-state index is 0.830. The van der Waals surface area contributed by atoms with Gasteiger partial charge in [-0.25, -0.2) is 4.98 Å². The zero-order valence-electron chi connectivity index (χ0n) is 11.6. The zero-order valence-corrected chi connectivity index (χ0v) is 11.6. The summed E-state index contributed by atoms with van der Waals surface area (Å²) in [6.45, 7) is 0.830. The van der Waals surface area contributed by atoms with Gasteiger partial charge >= 0.3 is 0 Å². The van der Waals surface area contributed by atoms with Crippen LogP contribution in [0.5, 0.6) is 5.75 Å². The van der Waals surface area contributed by atoms with Crippen LogP contribution in [0.1, 0.15) is 5.56 Å². The van der Waals surface area contributed by atoms with Crippen LogP contribution in [0.4, 0.5) is 11.5 Å². The Kier molecular flexibility index (Phi) is 4.36. The van der Waals surface area contributed by atoms with Gasteiger partial charge in [-0.15, -0.1) is 0 Å². The lowest BCUT2D eigenvalue weighted by Crippen LogP contribution is -2.12. The van der Waals surface area contributed by atoms with Crippen molar-refractivity contribution in [3.8, 4) is 5.75 Å². The molecule has 0 aliphatic rings. The summed E-state index contributed by atoms with van der Waals surface area (Å²) >= 11 is 0. The van der Waals surface area contributed by atoms with Crippen LogP contribution in [0.2, 0.25) is 0 Å². The smallest absolute Gasteiger partial charge is 0.132 e. The SMILES string of the molecule is CNCc1ccc(N(C)c2cccc(OC)c2)nc1. The zero-order chi connectivity index (χ0) is 13.7. The van der Waals surface area contributed by atoms with E-state index in [1.807, 2.05) is 55.5 Å². The Labute approximate surface area is 114 Å². The molecule has 1 N–H and O–H groups in total. The Hall–Kier alpha value is -2.07. The third-order valence-corrected chi connectivity index (χ3v) is 2.97. The molecule has 1 aromatic carbocycles. The standard InChI is InChI=1S/C15H19N3O/c1-16-10-12-7-8-15(17-11-12)18(2)13-5-4-6-14(9-13)19-3/h4-9,11,16H,10H2,1-3H3. The third-order valence-electron chi connectivity index (χ3n) is 2.97. The average molecular weight is 257 g/mol. The second kappa shape index (κ2) is 6.20. The van der Waals surface area contributed by atoms with Crippen LogP contribution in [0.25, 0.3) is 0 Å². The van der Waals surface area contributed by atoms with E-state index < -0.39 is 0 Å². The fourth-order valence-electron chi connectivity index (χ4n) is 1.88. The minimum Gasteiger partial charge on any atom is -0.497 e. The van der Waals surface area contributed by atoms with E-state index in [0.29, 0.717) is 0 Å². The second-order valence-electron chi connectivity index (χ2n) is 4.32. The first kappa shape index (κ1) is 13.4.